The smallest absolute Gasteiger partial charge is 0.0874 e. The van der Waals surface area contributed by atoms with E-state index in [4.69, 9.17) is 9.84 Å². The minimum absolute atomic E-state index is 0.200. The van der Waals surface area contributed by atoms with Gasteiger partial charge in [0.1, 0.15) is 0 Å². The van der Waals surface area contributed by atoms with Crippen molar-refractivity contribution in [3.05, 3.63) is 12.3 Å². The first-order valence-corrected chi connectivity index (χ1v) is 3.68. The van der Waals surface area contributed by atoms with Gasteiger partial charge in [-0.1, -0.05) is 6.08 Å². The van der Waals surface area contributed by atoms with E-state index in [1.165, 1.54) is 0 Å². The molecule has 0 aromatic rings. The molecule has 1 unspecified atom stereocenters. The van der Waals surface area contributed by atoms with Crippen molar-refractivity contribution in [3.63, 3.8) is 0 Å². The Kier molecular flexibility index (Phi) is 6.29. The molecule has 60 valence electrons. The van der Waals surface area contributed by atoms with Gasteiger partial charge in [0.2, 0.25) is 0 Å². The molecule has 0 radical (unpaired) electrons. The van der Waals surface area contributed by atoms with Gasteiger partial charge in [-0.05, 0) is 26.7 Å². The first-order chi connectivity index (χ1) is 4.77. The standard InChI is InChI=1S/C8H16O2/c1-3-6-10-7-4-5-8(2)9/h3,6,8-9H,4-5,7H2,1-2H3. The van der Waals surface area contributed by atoms with Crippen LogP contribution in [0.5, 0.6) is 0 Å². The lowest BCUT2D eigenvalue weighted by Crippen LogP contribution is -2.00. The minimum Gasteiger partial charge on any atom is -0.502 e. The van der Waals surface area contributed by atoms with Crippen LogP contribution >= 0.6 is 0 Å². The van der Waals surface area contributed by atoms with Crippen molar-refractivity contribution in [3.8, 4) is 0 Å². The Morgan fingerprint density at radius 2 is 2.30 bits per heavy atom. The molecule has 0 saturated carbocycles. The maximum absolute atomic E-state index is 8.84. The molecule has 0 aliphatic carbocycles. The van der Waals surface area contributed by atoms with Crippen LogP contribution in [0.25, 0.3) is 0 Å². The number of hydrogen-bond donors (Lipinski definition) is 1. The van der Waals surface area contributed by atoms with Gasteiger partial charge in [-0.3, -0.25) is 0 Å². The third kappa shape index (κ3) is 7.50. The van der Waals surface area contributed by atoms with Gasteiger partial charge in [0.05, 0.1) is 19.0 Å². The van der Waals surface area contributed by atoms with Gasteiger partial charge in [-0.25, -0.2) is 0 Å². The van der Waals surface area contributed by atoms with Crippen LogP contribution in [0.3, 0.4) is 0 Å². The van der Waals surface area contributed by atoms with Crippen molar-refractivity contribution < 1.29 is 9.84 Å². The summed E-state index contributed by atoms with van der Waals surface area (Å²) in [5.41, 5.74) is 0. The zero-order chi connectivity index (χ0) is 7.82. The van der Waals surface area contributed by atoms with E-state index in [2.05, 4.69) is 0 Å². The molecule has 0 saturated heterocycles. The third-order valence-electron chi connectivity index (χ3n) is 1.12. The fourth-order valence-corrected chi connectivity index (χ4v) is 0.626. The van der Waals surface area contributed by atoms with Crippen molar-refractivity contribution in [1.29, 1.82) is 0 Å². The fraction of sp³-hybridized carbons (Fsp3) is 0.750. The highest BCUT2D eigenvalue weighted by Gasteiger charge is 1.93. The summed E-state index contributed by atoms with van der Waals surface area (Å²) >= 11 is 0. The van der Waals surface area contributed by atoms with Crippen molar-refractivity contribution in [2.75, 3.05) is 6.61 Å². The zero-order valence-electron chi connectivity index (χ0n) is 6.71. The van der Waals surface area contributed by atoms with E-state index in [1.54, 1.807) is 13.2 Å². The molecular weight excluding hydrogens is 128 g/mol. The highest BCUT2D eigenvalue weighted by molar-refractivity contribution is 4.64. The Morgan fingerprint density at radius 3 is 2.80 bits per heavy atom. The van der Waals surface area contributed by atoms with E-state index in [0.29, 0.717) is 6.61 Å². The molecule has 2 nitrogen and oxygen atoms in total. The lowest BCUT2D eigenvalue weighted by Gasteiger charge is -2.02. The van der Waals surface area contributed by atoms with Crippen LogP contribution in [-0.4, -0.2) is 17.8 Å². The van der Waals surface area contributed by atoms with Gasteiger partial charge in [-0.15, -0.1) is 0 Å². The summed E-state index contributed by atoms with van der Waals surface area (Å²) in [6.45, 7) is 4.40. The molecule has 1 atom stereocenters. The second-order valence-electron chi connectivity index (χ2n) is 2.33. The highest BCUT2D eigenvalue weighted by Crippen LogP contribution is 1.95. The molecule has 2 heteroatoms. The lowest BCUT2D eigenvalue weighted by molar-refractivity contribution is 0.161. The number of ether oxygens (including phenoxy) is 1. The highest BCUT2D eigenvalue weighted by atomic mass is 16.5. The molecule has 0 aromatic carbocycles. The number of aliphatic hydroxyl groups excluding tert-OH is 1. The lowest BCUT2D eigenvalue weighted by atomic mass is 10.2. The van der Waals surface area contributed by atoms with Gasteiger partial charge in [0.15, 0.2) is 0 Å². The molecule has 0 bridgehead atoms. The molecule has 0 aliphatic rings. The summed E-state index contributed by atoms with van der Waals surface area (Å²) in [6.07, 6.45) is 5.05. The third-order valence-corrected chi connectivity index (χ3v) is 1.12. The number of hydrogen-bond acceptors (Lipinski definition) is 2. The first kappa shape index (κ1) is 9.50. The van der Waals surface area contributed by atoms with Gasteiger partial charge < -0.3 is 9.84 Å². The zero-order valence-corrected chi connectivity index (χ0v) is 6.71. The second-order valence-corrected chi connectivity index (χ2v) is 2.33. The fourth-order valence-electron chi connectivity index (χ4n) is 0.626. The summed E-state index contributed by atoms with van der Waals surface area (Å²) in [5, 5.41) is 8.84. The molecular formula is C8H16O2. The maximum atomic E-state index is 8.84. The topological polar surface area (TPSA) is 29.5 Å². The van der Waals surface area contributed by atoms with Crippen LogP contribution in [-0.2, 0) is 4.74 Å². The molecule has 0 fully saturated rings. The summed E-state index contributed by atoms with van der Waals surface area (Å²) in [4.78, 5) is 0. The number of rotatable bonds is 5. The van der Waals surface area contributed by atoms with Crippen LogP contribution in [0.15, 0.2) is 12.3 Å². The van der Waals surface area contributed by atoms with E-state index < -0.39 is 0 Å². The Labute approximate surface area is 62.5 Å². The van der Waals surface area contributed by atoms with Crippen LogP contribution in [0, 0.1) is 0 Å². The van der Waals surface area contributed by atoms with Crippen LogP contribution in [0.2, 0.25) is 0 Å². The molecule has 0 rings (SSSR count). The first-order valence-electron chi connectivity index (χ1n) is 3.68. The van der Waals surface area contributed by atoms with Crippen molar-refractivity contribution >= 4 is 0 Å². The van der Waals surface area contributed by atoms with Gasteiger partial charge >= 0.3 is 0 Å². The van der Waals surface area contributed by atoms with Crippen LogP contribution < -0.4 is 0 Å². The van der Waals surface area contributed by atoms with Crippen molar-refractivity contribution in [2.45, 2.75) is 32.8 Å². The van der Waals surface area contributed by atoms with E-state index in [0.717, 1.165) is 12.8 Å². The van der Waals surface area contributed by atoms with E-state index in [1.807, 2.05) is 13.0 Å². The predicted molar refractivity (Wildman–Crippen MR) is 41.7 cm³/mol. The molecule has 0 amide bonds. The monoisotopic (exact) mass is 144 g/mol. The Hall–Kier alpha value is -0.500. The van der Waals surface area contributed by atoms with E-state index in [-0.39, 0.29) is 6.10 Å². The minimum atomic E-state index is -0.200. The van der Waals surface area contributed by atoms with E-state index >= 15 is 0 Å². The second kappa shape index (κ2) is 6.62. The molecule has 1 N–H and O–H groups in total. The van der Waals surface area contributed by atoms with Crippen LogP contribution in [0.4, 0.5) is 0 Å². The van der Waals surface area contributed by atoms with Crippen molar-refractivity contribution in [2.24, 2.45) is 0 Å². The maximum Gasteiger partial charge on any atom is 0.0874 e. The summed E-state index contributed by atoms with van der Waals surface area (Å²) in [6, 6.07) is 0. The SMILES string of the molecule is CC=COCCCC(C)O. The number of allylic oxidation sites excluding steroid dienone is 1. The average Bonchev–Trinajstić information content (AvgIpc) is 1.87. The molecule has 0 spiro atoms. The largest absolute Gasteiger partial charge is 0.502 e. The van der Waals surface area contributed by atoms with Crippen molar-refractivity contribution in [1.82, 2.24) is 0 Å². The van der Waals surface area contributed by atoms with Gasteiger partial charge in [-0.2, -0.15) is 0 Å². The Bertz CT molecular complexity index is 87.3. The van der Waals surface area contributed by atoms with Crippen LogP contribution in [0.1, 0.15) is 26.7 Å². The Balaban J connectivity index is 2.91. The Morgan fingerprint density at radius 1 is 1.60 bits per heavy atom. The molecule has 0 aliphatic heterocycles. The summed E-state index contributed by atoms with van der Waals surface area (Å²) in [5.74, 6) is 0. The average molecular weight is 144 g/mol. The van der Waals surface area contributed by atoms with Gasteiger partial charge in [0.25, 0.3) is 0 Å². The van der Waals surface area contributed by atoms with Gasteiger partial charge in [0, 0.05) is 0 Å². The summed E-state index contributed by atoms with van der Waals surface area (Å²) in [7, 11) is 0. The predicted octanol–water partition coefficient (Wildman–Crippen LogP) is 1.70. The summed E-state index contributed by atoms with van der Waals surface area (Å²) < 4.78 is 5.04. The molecule has 0 heterocycles. The quantitative estimate of drug-likeness (QED) is 0.470. The molecule has 0 aromatic heterocycles. The normalized spacial score (nSPS) is 13.9. The molecule has 10 heavy (non-hydrogen) atoms. The number of aliphatic hydroxyl groups is 1. The van der Waals surface area contributed by atoms with E-state index in [9.17, 15) is 0 Å².